The van der Waals surface area contributed by atoms with Crippen molar-refractivity contribution in [2.75, 3.05) is 29.9 Å². The maximum absolute atomic E-state index is 17.4. The monoisotopic (exact) mass is 652 g/mol. The number of aromatic nitrogens is 2. The lowest BCUT2D eigenvalue weighted by molar-refractivity contribution is -0.0976. The number of alkyl halides is 5. The molecule has 2 saturated heterocycles. The molecule has 1 aliphatic carbocycles. The number of anilines is 1. The predicted molar refractivity (Wildman–Crippen MR) is 167 cm³/mol. The number of hydrogen-bond acceptors (Lipinski definition) is 5. The second-order valence-corrected chi connectivity index (χ2v) is 14.4. The van der Waals surface area contributed by atoms with Gasteiger partial charge in [-0.25, -0.2) is 36.3 Å². The highest BCUT2D eigenvalue weighted by molar-refractivity contribution is 7.99. The Hall–Kier alpha value is -2.27. The second-order valence-electron chi connectivity index (χ2n) is 13.1. The molecule has 4 aliphatic heterocycles. The molecule has 0 amide bonds. The molecule has 4 nitrogen and oxygen atoms in total. The van der Waals surface area contributed by atoms with E-state index in [-0.39, 0.29) is 55.9 Å². The molecule has 3 atom stereocenters. The number of piperidine rings is 1. The molecule has 45 heavy (non-hydrogen) atoms. The number of nitrogens with zero attached hydrogens (tertiary/aromatic N) is 3. The normalized spacial score (nSPS) is 31.2. The van der Waals surface area contributed by atoms with Crippen molar-refractivity contribution in [3.8, 4) is 0 Å². The third-order valence-corrected chi connectivity index (χ3v) is 11.5. The quantitative estimate of drug-likeness (QED) is 0.328. The standard InChI is InChI=1S/C34H42F6N4S/c1-21-24-7-6-8-26(29(24)35)34(39,40)23-10-15-44(16-11-23)28(31(36)37)9-4-2-3-5-14-33(38)27(22-12-17-45-18-13-22)19-25-30(33)41-20-42-32(25)43-21/h6-8,19-23,28,31H,2-5,9-18H2,1H3,(H,41,42,43)/t21-,28?,33?/m1/s1. The largest absolute Gasteiger partial charge is 0.363 e. The van der Waals surface area contributed by atoms with Gasteiger partial charge in [0, 0.05) is 17.0 Å². The zero-order chi connectivity index (χ0) is 31.8. The summed E-state index contributed by atoms with van der Waals surface area (Å²) in [6.45, 7) is 1.91. The number of rotatable bonds is 2. The van der Waals surface area contributed by atoms with Crippen LogP contribution in [-0.2, 0) is 11.6 Å². The van der Waals surface area contributed by atoms with E-state index in [2.05, 4.69) is 15.3 Å². The average molecular weight is 653 g/mol. The van der Waals surface area contributed by atoms with E-state index in [9.17, 15) is 8.78 Å². The van der Waals surface area contributed by atoms with Gasteiger partial charge in [-0.15, -0.1) is 0 Å². The van der Waals surface area contributed by atoms with E-state index < -0.39 is 47.4 Å². The molecular formula is C34H42F6N4S. The van der Waals surface area contributed by atoms with Crippen LogP contribution in [0.4, 0.5) is 32.2 Å². The van der Waals surface area contributed by atoms with Crippen molar-refractivity contribution in [2.45, 2.75) is 101 Å². The van der Waals surface area contributed by atoms with E-state index in [0.717, 1.165) is 30.4 Å². The van der Waals surface area contributed by atoms with Crippen LogP contribution < -0.4 is 5.32 Å². The first-order chi connectivity index (χ1) is 21.6. The highest BCUT2D eigenvalue weighted by Gasteiger charge is 2.48. The van der Waals surface area contributed by atoms with Crippen molar-refractivity contribution in [3.05, 3.63) is 58.3 Å². The van der Waals surface area contributed by atoms with Crippen LogP contribution in [0.15, 0.2) is 30.1 Å². The number of hydrogen-bond donors (Lipinski definition) is 1. The Kier molecular flexibility index (Phi) is 9.77. The van der Waals surface area contributed by atoms with Crippen LogP contribution >= 0.6 is 11.8 Å². The van der Waals surface area contributed by atoms with Gasteiger partial charge in [-0.05, 0) is 94.0 Å². The molecule has 11 heteroatoms. The minimum absolute atomic E-state index is 0.00763. The van der Waals surface area contributed by atoms with Crippen LogP contribution in [0.1, 0.15) is 99.6 Å². The minimum Gasteiger partial charge on any atom is -0.363 e. The van der Waals surface area contributed by atoms with Gasteiger partial charge in [-0.3, -0.25) is 4.90 Å². The van der Waals surface area contributed by atoms with Crippen molar-refractivity contribution in [2.24, 2.45) is 11.8 Å². The van der Waals surface area contributed by atoms with Gasteiger partial charge in [0.2, 0.25) is 0 Å². The lowest BCUT2D eigenvalue weighted by Crippen LogP contribution is -2.47. The number of allylic oxidation sites excluding steroid dienone is 1. The van der Waals surface area contributed by atoms with E-state index in [0.29, 0.717) is 42.6 Å². The van der Waals surface area contributed by atoms with Crippen molar-refractivity contribution in [1.29, 1.82) is 0 Å². The van der Waals surface area contributed by atoms with Gasteiger partial charge in [0.15, 0.2) is 5.67 Å². The van der Waals surface area contributed by atoms with E-state index in [1.165, 1.54) is 18.5 Å². The first-order valence-corrected chi connectivity index (χ1v) is 17.6. The minimum atomic E-state index is -3.47. The number of fused-ring (bicyclic) bond motifs is 9. The summed E-state index contributed by atoms with van der Waals surface area (Å²) in [6.07, 6.45) is 5.31. The molecular weight excluding hydrogens is 610 g/mol. The molecule has 1 N–H and O–H groups in total. The first kappa shape index (κ1) is 32.7. The molecule has 0 saturated carbocycles. The Labute approximate surface area is 265 Å². The molecule has 1 aromatic heterocycles. The summed E-state index contributed by atoms with van der Waals surface area (Å²) in [5.74, 6) is -3.31. The number of thioether (sulfide) groups is 1. The van der Waals surface area contributed by atoms with E-state index in [1.807, 2.05) is 17.8 Å². The predicted octanol–water partition coefficient (Wildman–Crippen LogP) is 9.29. The van der Waals surface area contributed by atoms with Gasteiger partial charge < -0.3 is 5.32 Å². The Bertz CT molecular complexity index is 1370. The number of halogens is 6. The molecule has 0 spiro atoms. The van der Waals surface area contributed by atoms with Gasteiger partial charge in [-0.2, -0.15) is 11.8 Å². The molecule has 5 aliphatic rings. The van der Waals surface area contributed by atoms with Crippen molar-refractivity contribution >= 4 is 23.7 Å². The topological polar surface area (TPSA) is 41.1 Å². The van der Waals surface area contributed by atoms with Gasteiger partial charge in [0.05, 0.1) is 23.3 Å². The highest BCUT2D eigenvalue weighted by Crippen LogP contribution is 2.52. The first-order valence-electron chi connectivity index (χ1n) is 16.4. The van der Waals surface area contributed by atoms with Crippen LogP contribution in [0.3, 0.4) is 0 Å². The Morgan fingerprint density at radius 1 is 0.956 bits per heavy atom. The fraction of sp³-hybridized carbons (Fsp3) is 0.647. The summed E-state index contributed by atoms with van der Waals surface area (Å²) in [5.41, 5.74) is -0.902. The Morgan fingerprint density at radius 2 is 1.69 bits per heavy atom. The lowest BCUT2D eigenvalue weighted by atomic mass is 9.80. The summed E-state index contributed by atoms with van der Waals surface area (Å²) in [4.78, 5) is 10.5. The second kappa shape index (κ2) is 13.5. The number of benzene rings is 1. The Balaban J connectivity index is 1.37. The van der Waals surface area contributed by atoms with E-state index in [1.54, 1.807) is 11.8 Å². The third-order valence-electron chi connectivity index (χ3n) is 10.5. The zero-order valence-corrected chi connectivity index (χ0v) is 26.5. The summed E-state index contributed by atoms with van der Waals surface area (Å²) < 4.78 is 93.4. The van der Waals surface area contributed by atoms with Gasteiger partial charge in [0.1, 0.15) is 18.0 Å². The molecule has 2 fully saturated rings. The molecule has 2 aromatic rings. The van der Waals surface area contributed by atoms with Crippen LogP contribution in [0.2, 0.25) is 0 Å². The van der Waals surface area contributed by atoms with Crippen molar-refractivity contribution in [1.82, 2.24) is 14.9 Å². The SMILES string of the molecule is C[C@H]1Nc2ncnc3c2C=C(C2CCSCC2)C3(F)CCCCCCC(C(F)F)N2CCC(CC2)C(F)(F)c2cccc1c2F. The van der Waals surface area contributed by atoms with Crippen molar-refractivity contribution in [3.63, 3.8) is 0 Å². The van der Waals surface area contributed by atoms with Crippen LogP contribution in [0, 0.1) is 17.7 Å². The molecule has 246 valence electrons. The lowest BCUT2D eigenvalue weighted by Gasteiger charge is -2.40. The van der Waals surface area contributed by atoms with Gasteiger partial charge >= 0.3 is 0 Å². The number of nitrogens with one attached hydrogen (secondary N) is 1. The molecule has 2 unspecified atom stereocenters. The maximum Gasteiger partial charge on any atom is 0.278 e. The fourth-order valence-electron chi connectivity index (χ4n) is 7.86. The molecule has 0 radical (unpaired) electrons. The summed E-state index contributed by atoms with van der Waals surface area (Å²) in [6, 6.07) is 2.25. The van der Waals surface area contributed by atoms with Crippen LogP contribution in [0.5, 0.6) is 0 Å². The summed E-state index contributed by atoms with van der Waals surface area (Å²) in [7, 11) is 0. The highest BCUT2D eigenvalue weighted by atomic mass is 32.2. The molecule has 8 bridgehead atoms. The van der Waals surface area contributed by atoms with E-state index in [4.69, 9.17) is 0 Å². The zero-order valence-electron chi connectivity index (χ0n) is 25.7. The molecule has 7 rings (SSSR count). The average Bonchev–Trinajstić information content (AvgIpc) is 3.33. The molecule has 5 heterocycles. The van der Waals surface area contributed by atoms with Gasteiger partial charge in [0.25, 0.3) is 12.3 Å². The smallest absolute Gasteiger partial charge is 0.278 e. The summed E-state index contributed by atoms with van der Waals surface area (Å²) >= 11 is 1.86. The van der Waals surface area contributed by atoms with Crippen molar-refractivity contribution < 1.29 is 26.3 Å². The molecule has 1 aromatic carbocycles. The van der Waals surface area contributed by atoms with E-state index >= 15 is 17.6 Å². The van der Waals surface area contributed by atoms with Gasteiger partial charge in [-0.1, -0.05) is 37.5 Å². The van der Waals surface area contributed by atoms with Crippen LogP contribution in [0.25, 0.3) is 6.08 Å². The maximum atomic E-state index is 17.4. The summed E-state index contributed by atoms with van der Waals surface area (Å²) in [5, 5.41) is 3.20. The third kappa shape index (κ3) is 6.36. The fourth-order valence-corrected chi connectivity index (χ4v) is 8.97. The Morgan fingerprint density at radius 3 is 2.42 bits per heavy atom. The van der Waals surface area contributed by atoms with Crippen LogP contribution in [-0.4, -0.2) is 51.9 Å².